The van der Waals surface area contributed by atoms with E-state index in [-0.39, 0.29) is 11.7 Å². The summed E-state index contributed by atoms with van der Waals surface area (Å²) in [4.78, 5) is 0. The standard InChI is InChI=1S/C10H13F2N/c11-6-9(7-13)4-8-2-1-3-10(12)5-8/h1-3,5,9H,4,6-7,13H2. The quantitative estimate of drug-likeness (QED) is 0.761. The lowest BCUT2D eigenvalue weighted by molar-refractivity contribution is 0.365. The Morgan fingerprint density at radius 2 is 2.15 bits per heavy atom. The highest BCUT2D eigenvalue weighted by Crippen LogP contribution is 2.10. The molecule has 0 aliphatic heterocycles. The van der Waals surface area contributed by atoms with Crippen molar-refractivity contribution in [1.82, 2.24) is 0 Å². The van der Waals surface area contributed by atoms with Gasteiger partial charge in [0.15, 0.2) is 0 Å². The van der Waals surface area contributed by atoms with Gasteiger partial charge in [0.2, 0.25) is 0 Å². The Bertz CT molecular complexity index is 259. The van der Waals surface area contributed by atoms with Gasteiger partial charge in [-0.1, -0.05) is 12.1 Å². The number of nitrogens with two attached hydrogens (primary N) is 1. The fourth-order valence-electron chi connectivity index (χ4n) is 1.20. The van der Waals surface area contributed by atoms with Crippen LogP contribution < -0.4 is 5.73 Å². The Morgan fingerprint density at radius 3 is 2.69 bits per heavy atom. The van der Waals surface area contributed by atoms with Gasteiger partial charge in [-0.3, -0.25) is 4.39 Å². The molecule has 1 atom stereocenters. The maximum Gasteiger partial charge on any atom is 0.123 e. The minimum atomic E-state index is -0.451. The van der Waals surface area contributed by atoms with Crippen LogP contribution >= 0.6 is 0 Å². The summed E-state index contributed by atoms with van der Waals surface area (Å²) in [6.45, 7) is -0.153. The molecular formula is C10H13F2N. The first-order valence-corrected chi connectivity index (χ1v) is 4.26. The molecule has 3 heteroatoms. The lowest BCUT2D eigenvalue weighted by Gasteiger charge is -2.09. The van der Waals surface area contributed by atoms with Gasteiger partial charge in [-0.2, -0.15) is 0 Å². The molecule has 0 bridgehead atoms. The molecule has 0 saturated carbocycles. The summed E-state index contributed by atoms with van der Waals surface area (Å²) >= 11 is 0. The molecule has 0 spiro atoms. The maximum absolute atomic E-state index is 12.7. The smallest absolute Gasteiger partial charge is 0.123 e. The first-order valence-electron chi connectivity index (χ1n) is 4.26. The summed E-state index contributed by atoms with van der Waals surface area (Å²) in [6, 6.07) is 6.19. The fourth-order valence-corrected chi connectivity index (χ4v) is 1.20. The minimum absolute atomic E-state index is 0.193. The van der Waals surface area contributed by atoms with E-state index in [4.69, 9.17) is 5.73 Å². The van der Waals surface area contributed by atoms with Gasteiger partial charge >= 0.3 is 0 Å². The second-order valence-corrected chi connectivity index (χ2v) is 3.09. The van der Waals surface area contributed by atoms with Crippen molar-refractivity contribution in [1.29, 1.82) is 0 Å². The molecule has 0 aliphatic carbocycles. The van der Waals surface area contributed by atoms with Gasteiger partial charge in [-0.25, -0.2) is 4.39 Å². The van der Waals surface area contributed by atoms with Gasteiger partial charge in [-0.15, -0.1) is 0 Å². The molecule has 1 aromatic carbocycles. The van der Waals surface area contributed by atoms with Gasteiger partial charge in [0.05, 0.1) is 6.67 Å². The predicted octanol–water partition coefficient (Wildman–Crippen LogP) is 1.91. The summed E-state index contributed by atoms with van der Waals surface area (Å²) < 4.78 is 25.0. The second-order valence-electron chi connectivity index (χ2n) is 3.09. The molecule has 2 N–H and O–H groups in total. The molecule has 72 valence electrons. The maximum atomic E-state index is 12.7. The van der Waals surface area contributed by atoms with Crippen LogP contribution in [0.5, 0.6) is 0 Å². The predicted molar refractivity (Wildman–Crippen MR) is 48.6 cm³/mol. The molecule has 13 heavy (non-hydrogen) atoms. The fraction of sp³-hybridized carbons (Fsp3) is 0.400. The molecule has 0 fully saturated rings. The van der Waals surface area contributed by atoms with Gasteiger partial charge < -0.3 is 5.73 Å². The van der Waals surface area contributed by atoms with Crippen LogP contribution in [0, 0.1) is 11.7 Å². The molecule has 0 aliphatic rings. The Morgan fingerprint density at radius 1 is 1.38 bits per heavy atom. The molecule has 0 heterocycles. The lowest BCUT2D eigenvalue weighted by atomic mass is 10.0. The minimum Gasteiger partial charge on any atom is -0.330 e. The van der Waals surface area contributed by atoms with Crippen molar-refractivity contribution in [3.63, 3.8) is 0 Å². The molecule has 1 aromatic rings. The molecule has 0 radical (unpaired) electrons. The van der Waals surface area contributed by atoms with Crippen molar-refractivity contribution in [2.24, 2.45) is 11.7 Å². The van der Waals surface area contributed by atoms with Crippen LogP contribution in [-0.2, 0) is 6.42 Å². The summed E-state index contributed by atoms with van der Waals surface area (Å²) in [5, 5.41) is 0. The van der Waals surface area contributed by atoms with E-state index in [1.165, 1.54) is 12.1 Å². The molecule has 1 rings (SSSR count). The van der Waals surface area contributed by atoms with Crippen LogP contribution in [0.25, 0.3) is 0 Å². The third-order valence-electron chi connectivity index (χ3n) is 1.96. The number of hydrogen-bond acceptors (Lipinski definition) is 1. The van der Waals surface area contributed by atoms with Crippen molar-refractivity contribution >= 4 is 0 Å². The summed E-state index contributed by atoms with van der Waals surface area (Å²) in [6.07, 6.45) is 0.505. The largest absolute Gasteiger partial charge is 0.330 e. The van der Waals surface area contributed by atoms with E-state index in [1.807, 2.05) is 0 Å². The Hall–Kier alpha value is -0.960. The molecule has 0 saturated heterocycles. The van der Waals surface area contributed by atoms with Crippen molar-refractivity contribution in [3.05, 3.63) is 35.6 Å². The first-order chi connectivity index (χ1) is 6.26. The number of hydrogen-bond donors (Lipinski definition) is 1. The number of rotatable bonds is 4. The van der Waals surface area contributed by atoms with E-state index in [2.05, 4.69) is 0 Å². The molecule has 1 nitrogen and oxygen atoms in total. The van der Waals surface area contributed by atoms with E-state index < -0.39 is 6.67 Å². The normalized spacial score (nSPS) is 12.8. The van der Waals surface area contributed by atoms with Crippen molar-refractivity contribution in [3.8, 4) is 0 Å². The highest BCUT2D eigenvalue weighted by molar-refractivity contribution is 5.16. The zero-order valence-corrected chi connectivity index (χ0v) is 7.34. The van der Waals surface area contributed by atoms with Gasteiger partial charge in [-0.05, 0) is 30.7 Å². The van der Waals surface area contributed by atoms with E-state index in [0.29, 0.717) is 13.0 Å². The van der Waals surface area contributed by atoms with Gasteiger partial charge in [0, 0.05) is 5.92 Å². The van der Waals surface area contributed by atoms with Crippen LogP contribution in [0.3, 0.4) is 0 Å². The molecule has 0 aromatic heterocycles. The van der Waals surface area contributed by atoms with E-state index in [1.54, 1.807) is 12.1 Å². The summed E-state index contributed by atoms with van der Waals surface area (Å²) in [7, 11) is 0. The first kappa shape index (κ1) is 10.1. The topological polar surface area (TPSA) is 26.0 Å². The number of halogens is 2. The van der Waals surface area contributed by atoms with E-state index in [9.17, 15) is 8.78 Å². The SMILES string of the molecule is NCC(CF)Cc1cccc(F)c1. The Kier molecular flexibility index (Phi) is 3.83. The Balaban J connectivity index is 2.62. The average molecular weight is 185 g/mol. The van der Waals surface area contributed by atoms with Gasteiger partial charge in [0.25, 0.3) is 0 Å². The highest BCUT2D eigenvalue weighted by atomic mass is 19.1. The van der Waals surface area contributed by atoms with Crippen LogP contribution in [0.4, 0.5) is 8.78 Å². The summed E-state index contributed by atoms with van der Waals surface area (Å²) in [5.74, 6) is -0.478. The van der Waals surface area contributed by atoms with Crippen molar-refractivity contribution in [2.75, 3.05) is 13.2 Å². The Labute approximate surface area is 76.6 Å². The highest BCUT2D eigenvalue weighted by Gasteiger charge is 2.07. The number of alkyl halides is 1. The molecule has 0 amide bonds. The molecule has 1 unspecified atom stereocenters. The van der Waals surface area contributed by atoms with Crippen molar-refractivity contribution < 1.29 is 8.78 Å². The number of benzene rings is 1. The van der Waals surface area contributed by atoms with Crippen LogP contribution in [-0.4, -0.2) is 13.2 Å². The summed E-state index contributed by atoms with van der Waals surface area (Å²) in [5.41, 5.74) is 6.13. The lowest BCUT2D eigenvalue weighted by Crippen LogP contribution is -2.18. The zero-order valence-electron chi connectivity index (χ0n) is 7.34. The molecular weight excluding hydrogens is 172 g/mol. The zero-order chi connectivity index (χ0) is 9.68. The third kappa shape index (κ3) is 3.11. The van der Waals surface area contributed by atoms with Crippen LogP contribution in [0.15, 0.2) is 24.3 Å². The van der Waals surface area contributed by atoms with Crippen LogP contribution in [0.1, 0.15) is 5.56 Å². The second kappa shape index (κ2) is 4.92. The van der Waals surface area contributed by atoms with E-state index >= 15 is 0 Å². The third-order valence-corrected chi connectivity index (χ3v) is 1.96. The van der Waals surface area contributed by atoms with E-state index in [0.717, 1.165) is 5.56 Å². The average Bonchev–Trinajstić information content (AvgIpc) is 2.14. The van der Waals surface area contributed by atoms with Crippen molar-refractivity contribution in [2.45, 2.75) is 6.42 Å². The van der Waals surface area contributed by atoms with Gasteiger partial charge in [0.1, 0.15) is 5.82 Å². The van der Waals surface area contributed by atoms with Crippen LogP contribution in [0.2, 0.25) is 0 Å². The monoisotopic (exact) mass is 185 g/mol.